The zero-order valence-electron chi connectivity index (χ0n) is 14.6. The molecule has 0 spiro atoms. The first-order chi connectivity index (χ1) is 13.1. The van der Waals surface area contributed by atoms with E-state index in [4.69, 9.17) is 23.2 Å². The van der Waals surface area contributed by atoms with E-state index < -0.39 is 0 Å². The lowest BCUT2D eigenvalue weighted by Gasteiger charge is -2.04. The van der Waals surface area contributed by atoms with Gasteiger partial charge in [-0.2, -0.15) is 10.2 Å². The van der Waals surface area contributed by atoms with Crippen molar-refractivity contribution in [3.63, 3.8) is 0 Å². The number of hydrogen-bond donors (Lipinski definition) is 0. The lowest BCUT2D eigenvalue weighted by molar-refractivity contribution is 0.863. The van der Waals surface area contributed by atoms with Crippen LogP contribution >= 0.6 is 34.5 Å². The number of aryl methyl sites for hydroxylation is 2. The maximum atomic E-state index is 6.52. The second-order valence-corrected chi connectivity index (χ2v) is 7.68. The van der Waals surface area contributed by atoms with Gasteiger partial charge in [-0.3, -0.25) is 0 Å². The third-order valence-corrected chi connectivity index (χ3v) is 5.96. The van der Waals surface area contributed by atoms with Crippen LogP contribution in [0.15, 0.2) is 58.7 Å². The summed E-state index contributed by atoms with van der Waals surface area (Å²) in [5, 5.41) is 14.1. The van der Waals surface area contributed by atoms with Crippen molar-refractivity contribution in [3.05, 3.63) is 74.8 Å². The van der Waals surface area contributed by atoms with Crippen molar-refractivity contribution in [1.82, 2.24) is 14.3 Å². The van der Waals surface area contributed by atoms with Gasteiger partial charge in [0.25, 0.3) is 0 Å². The first kappa shape index (κ1) is 18.0. The molecule has 0 amide bonds. The second-order valence-electron chi connectivity index (χ2n) is 5.91. The zero-order chi connectivity index (χ0) is 19.0. The Morgan fingerprint density at radius 1 is 1.07 bits per heavy atom. The Morgan fingerprint density at radius 3 is 2.59 bits per heavy atom. The average Bonchev–Trinajstić information content (AvgIpc) is 3.13. The third-order valence-electron chi connectivity index (χ3n) is 4.17. The first-order valence-corrected chi connectivity index (χ1v) is 9.75. The monoisotopic (exact) mass is 415 g/mol. The van der Waals surface area contributed by atoms with Crippen molar-refractivity contribution in [2.75, 3.05) is 0 Å². The molecule has 0 atom stereocenters. The Hall–Kier alpha value is -2.41. The molecule has 2 heterocycles. The molecule has 0 aliphatic rings. The van der Waals surface area contributed by atoms with Crippen LogP contribution in [0.3, 0.4) is 0 Å². The van der Waals surface area contributed by atoms with Crippen LogP contribution < -0.4 is 4.80 Å². The van der Waals surface area contributed by atoms with Crippen molar-refractivity contribution >= 4 is 51.0 Å². The average molecular weight is 416 g/mol. The minimum absolute atomic E-state index is 0.445. The number of fused-ring (bicyclic) bond motifs is 1. The Labute approximate surface area is 169 Å². The molecule has 0 N–H and O–H groups in total. The number of hydrogen-bond acceptors (Lipinski definition) is 4. The summed E-state index contributed by atoms with van der Waals surface area (Å²) in [5.41, 5.74) is 3.31. The molecule has 0 aliphatic heterocycles. The van der Waals surface area contributed by atoms with Crippen LogP contribution in [0.4, 0.5) is 0 Å². The molecule has 0 unspecified atom stereocenters. The Morgan fingerprint density at radius 2 is 1.81 bits per heavy atom. The minimum Gasteiger partial charge on any atom is -0.318 e. The third kappa shape index (κ3) is 3.32. The fourth-order valence-electron chi connectivity index (χ4n) is 2.75. The molecule has 0 fully saturated rings. The minimum atomic E-state index is 0.445. The Kier molecular flexibility index (Phi) is 4.86. The van der Waals surface area contributed by atoms with E-state index in [1.54, 1.807) is 28.3 Å². The predicted octanol–water partition coefficient (Wildman–Crippen LogP) is 4.98. The summed E-state index contributed by atoms with van der Waals surface area (Å²) in [6.45, 7) is 1.88. The molecular weight excluding hydrogens is 401 g/mol. The van der Waals surface area contributed by atoms with Gasteiger partial charge < -0.3 is 4.57 Å². The number of para-hydroxylation sites is 2. The highest BCUT2D eigenvalue weighted by Gasteiger charge is 2.14. The van der Waals surface area contributed by atoms with Crippen LogP contribution in [-0.4, -0.2) is 20.6 Å². The largest absolute Gasteiger partial charge is 0.318 e. The summed E-state index contributed by atoms with van der Waals surface area (Å²) in [4.78, 5) is 0.805. The normalized spacial score (nSPS) is 12.5. The summed E-state index contributed by atoms with van der Waals surface area (Å²) in [7, 11) is 1.97. The van der Waals surface area contributed by atoms with Gasteiger partial charge in [-0.25, -0.2) is 4.68 Å². The van der Waals surface area contributed by atoms with Gasteiger partial charge in [0.05, 0.1) is 38.4 Å². The van der Waals surface area contributed by atoms with Crippen molar-refractivity contribution in [3.8, 4) is 5.69 Å². The van der Waals surface area contributed by atoms with Gasteiger partial charge in [-0.05, 0) is 31.2 Å². The quantitative estimate of drug-likeness (QED) is 0.343. The van der Waals surface area contributed by atoms with Crippen LogP contribution in [0.1, 0.15) is 11.3 Å². The van der Waals surface area contributed by atoms with Crippen molar-refractivity contribution < 1.29 is 0 Å². The molecule has 2 aromatic carbocycles. The number of nitrogens with zero attached hydrogens (tertiary/aromatic N) is 5. The molecule has 0 radical (unpaired) electrons. The lowest BCUT2D eigenvalue weighted by atomic mass is 10.3. The van der Waals surface area contributed by atoms with Gasteiger partial charge in [0.15, 0.2) is 0 Å². The highest BCUT2D eigenvalue weighted by atomic mass is 35.5. The fourth-order valence-corrected chi connectivity index (χ4v) is 4.26. The zero-order valence-corrected chi connectivity index (χ0v) is 16.9. The maximum Gasteiger partial charge on any atom is 0.211 e. The molecule has 0 aliphatic carbocycles. The van der Waals surface area contributed by atoms with Crippen LogP contribution in [0, 0.1) is 6.92 Å². The summed E-state index contributed by atoms with van der Waals surface area (Å²) in [5.74, 6) is 0. The molecule has 136 valence electrons. The molecule has 2 aromatic heterocycles. The fraction of sp³-hybridized carbons (Fsp3) is 0.105. The highest BCUT2D eigenvalue weighted by Crippen LogP contribution is 2.26. The number of benzene rings is 2. The molecular formula is C19H15Cl2N5S. The highest BCUT2D eigenvalue weighted by molar-refractivity contribution is 7.16. The summed E-state index contributed by atoms with van der Waals surface area (Å²) < 4.78 is 4.79. The number of rotatable bonds is 3. The molecule has 0 bridgehead atoms. The van der Waals surface area contributed by atoms with Gasteiger partial charge in [-0.15, -0.1) is 5.10 Å². The molecule has 5 nitrogen and oxygen atoms in total. The molecule has 0 saturated heterocycles. The molecule has 8 heteroatoms. The summed E-state index contributed by atoms with van der Waals surface area (Å²) >= 11 is 14.4. The van der Waals surface area contributed by atoms with Crippen LogP contribution in [0.5, 0.6) is 0 Å². The van der Waals surface area contributed by atoms with E-state index in [0.717, 1.165) is 26.4 Å². The van der Waals surface area contributed by atoms with E-state index >= 15 is 0 Å². The second kappa shape index (κ2) is 7.31. The van der Waals surface area contributed by atoms with Gasteiger partial charge in [0, 0.05) is 7.05 Å². The van der Waals surface area contributed by atoms with E-state index in [0.29, 0.717) is 15.7 Å². The number of aromatic nitrogens is 3. The van der Waals surface area contributed by atoms with E-state index in [1.807, 2.05) is 48.9 Å². The van der Waals surface area contributed by atoms with E-state index in [2.05, 4.69) is 27.4 Å². The first-order valence-electron chi connectivity index (χ1n) is 8.18. The Bertz CT molecular complexity index is 1230. The van der Waals surface area contributed by atoms with Gasteiger partial charge in [0.2, 0.25) is 4.80 Å². The SMILES string of the molecule is Cc1nn(-c2ccccc2Cl)c(Cl)c1C=NN=c1sc2ccccc2n1C. The van der Waals surface area contributed by atoms with Crippen LogP contribution in [0.2, 0.25) is 10.2 Å². The molecule has 27 heavy (non-hydrogen) atoms. The van der Waals surface area contributed by atoms with Crippen LogP contribution in [-0.2, 0) is 7.05 Å². The van der Waals surface area contributed by atoms with Crippen molar-refractivity contribution in [1.29, 1.82) is 0 Å². The standard InChI is InChI=1S/C19H15Cl2N5S/c1-12-13(18(21)26(24-12)15-8-4-3-7-14(15)20)11-22-23-19-25(2)16-9-5-6-10-17(16)27-19/h3-11H,1-2H3. The smallest absolute Gasteiger partial charge is 0.211 e. The van der Waals surface area contributed by atoms with Crippen molar-refractivity contribution in [2.45, 2.75) is 6.92 Å². The van der Waals surface area contributed by atoms with E-state index in [1.165, 1.54) is 0 Å². The van der Waals surface area contributed by atoms with E-state index in [-0.39, 0.29) is 0 Å². The maximum absolute atomic E-state index is 6.52. The number of halogens is 2. The Balaban J connectivity index is 1.72. The predicted molar refractivity (Wildman–Crippen MR) is 112 cm³/mol. The summed E-state index contributed by atoms with van der Waals surface area (Å²) in [6, 6.07) is 15.6. The van der Waals surface area contributed by atoms with E-state index in [9.17, 15) is 0 Å². The molecule has 0 saturated carbocycles. The van der Waals surface area contributed by atoms with Gasteiger partial charge >= 0.3 is 0 Å². The number of thiazole rings is 1. The molecule has 4 rings (SSSR count). The summed E-state index contributed by atoms with van der Waals surface area (Å²) in [6.07, 6.45) is 1.63. The van der Waals surface area contributed by atoms with Gasteiger partial charge in [0.1, 0.15) is 5.15 Å². The van der Waals surface area contributed by atoms with Crippen LogP contribution in [0.25, 0.3) is 15.9 Å². The lowest BCUT2D eigenvalue weighted by Crippen LogP contribution is -2.08. The topological polar surface area (TPSA) is 47.5 Å². The van der Waals surface area contributed by atoms with Crippen molar-refractivity contribution in [2.24, 2.45) is 17.3 Å². The van der Waals surface area contributed by atoms with Gasteiger partial charge in [-0.1, -0.05) is 58.8 Å². The molecule has 4 aromatic rings.